The second kappa shape index (κ2) is 21.7. The topological polar surface area (TPSA) is 58.6 Å². The van der Waals surface area contributed by atoms with Crippen molar-refractivity contribution in [2.75, 3.05) is 14.1 Å². The van der Waals surface area contributed by atoms with Crippen LogP contribution in [0.2, 0.25) is 0 Å². The van der Waals surface area contributed by atoms with Crippen molar-refractivity contribution >= 4 is 29.2 Å². The number of hydrazine groups is 1. The third kappa shape index (κ3) is 18.0. The van der Waals surface area contributed by atoms with Gasteiger partial charge in [0.25, 0.3) is 0 Å². The van der Waals surface area contributed by atoms with Gasteiger partial charge in [-0.2, -0.15) is 0 Å². The molecule has 1 aliphatic carbocycles. The number of nitrogens with zero attached hydrogens (tertiary/aromatic N) is 1. The summed E-state index contributed by atoms with van der Waals surface area (Å²) in [6, 6.07) is 7.25. The molecule has 1 N–H and O–H groups in total. The zero-order valence-electron chi connectivity index (χ0n) is 23.3. The molecule has 1 aromatic rings. The van der Waals surface area contributed by atoms with Gasteiger partial charge in [-0.15, -0.1) is 0 Å². The zero-order chi connectivity index (χ0) is 26.4. The van der Waals surface area contributed by atoms with Crippen LogP contribution in [0.3, 0.4) is 0 Å². The molecule has 206 valence electrons. The number of hydrogen-bond acceptors (Lipinski definition) is 4. The van der Waals surface area contributed by atoms with Crippen LogP contribution in [0.25, 0.3) is 0 Å². The summed E-state index contributed by atoms with van der Waals surface area (Å²) in [7, 11) is 3.40. The van der Waals surface area contributed by atoms with Crippen LogP contribution < -0.4 is 10.2 Å². The molecule has 0 spiro atoms. The first kappa shape index (κ1) is 32.7. The Labute approximate surface area is 230 Å². The van der Waals surface area contributed by atoms with Crippen molar-refractivity contribution in [1.82, 2.24) is 10.4 Å². The summed E-state index contributed by atoms with van der Waals surface area (Å²) in [4.78, 5) is 22.1. The van der Waals surface area contributed by atoms with Crippen molar-refractivity contribution in [1.29, 1.82) is 0 Å². The number of ether oxygens (including phenoxy) is 1. The number of rotatable bonds is 19. The van der Waals surface area contributed by atoms with E-state index in [2.05, 4.69) is 12.3 Å². The van der Waals surface area contributed by atoms with Gasteiger partial charge in [0.1, 0.15) is 0 Å². The predicted molar refractivity (Wildman–Crippen MR) is 154 cm³/mol. The molecule has 2 atom stereocenters. The molecule has 36 heavy (non-hydrogen) atoms. The fourth-order valence-electron chi connectivity index (χ4n) is 4.27. The Hall–Kier alpha value is -1.32. The van der Waals surface area contributed by atoms with Gasteiger partial charge in [0.2, 0.25) is 0 Å². The molecule has 1 amide bonds. The van der Waals surface area contributed by atoms with Crippen LogP contribution in [0.1, 0.15) is 126 Å². The van der Waals surface area contributed by atoms with Crippen LogP contribution in [0, 0.1) is 5.92 Å². The molecule has 2 unspecified atom stereocenters. The van der Waals surface area contributed by atoms with Crippen LogP contribution in [-0.2, 0) is 4.79 Å². The van der Waals surface area contributed by atoms with Crippen molar-refractivity contribution in [3.63, 3.8) is 0 Å². The van der Waals surface area contributed by atoms with Gasteiger partial charge in [0, 0.05) is 0 Å². The first-order valence-electron chi connectivity index (χ1n) is 14.4. The molecule has 5 nitrogen and oxygen atoms in total. The molecule has 2 rings (SSSR count). The van der Waals surface area contributed by atoms with Gasteiger partial charge in [-0.05, 0) is 5.92 Å². The number of benzene rings is 1. The van der Waals surface area contributed by atoms with Crippen molar-refractivity contribution in [3.8, 4) is 5.75 Å². The Bertz CT molecular complexity index is 695. The van der Waals surface area contributed by atoms with E-state index in [4.69, 9.17) is 4.74 Å². The van der Waals surface area contributed by atoms with Crippen LogP contribution in [0.15, 0.2) is 24.3 Å². The normalized spacial score (nSPS) is 13.6. The molecule has 0 radical (unpaired) electrons. The summed E-state index contributed by atoms with van der Waals surface area (Å²) in [5.74, 6) is 1.64. The van der Waals surface area contributed by atoms with E-state index in [9.17, 15) is 9.59 Å². The summed E-state index contributed by atoms with van der Waals surface area (Å²) >= 11 is 1.43. The van der Waals surface area contributed by atoms with E-state index in [1.54, 1.807) is 26.2 Å². The van der Waals surface area contributed by atoms with Gasteiger partial charge in [-0.1, -0.05) is 110 Å². The van der Waals surface area contributed by atoms with E-state index in [1.165, 1.54) is 125 Å². The first-order chi connectivity index (χ1) is 17.5. The SMILES string of the molecule is CCCCCCCCCCCCCCCC1CC1.CN(C)NC(=O)Oc1ccccc1C([AsH2])CC=O. The summed E-state index contributed by atoms with van der Waals surface area (Å²) in [5, 5.41) is 1.50. The van der Waals surface area contributed by atoms with E-state index in [0.717, 1.165) is 17.8 Å². The van der Waals surface area contributed by atoms with Crippen LogP contribution in [0.5, 0.6) is 5.75 Å². The van der Waals surface area contributed by atoms with Gasteiger partial charge in [0.15, 0.2) is 0 Å². The molecule has 0 heterocycles. The third-order valence-corrected chi connectivity index (χ3v) is 7.92. The monoisotopic (exact) mass is 564 g/mol. The average Bonchev–Trinajstić information content (AvgIpc) is 3.67. The van der Waals surface area contributed by atoms with Crippen LogP contribution in [0.4, 0.5) is 4.79 Å². The molecule has 1 fully saturated rings. The number of nitrogens with one attached hydrogen (secondary N) is 1. The van der Waals surface area contributed by atoms with Gasteiger partial charge in [0.05, 0.1) is 0 Å². The number of hydrogen-bond donors (Lipinski definition) is 1. The van der Waals surface area contributed by atoms with Crippen molar-refractivity contribution < 1.29 is 14.3 Å². The Morgan fingerprint density at radius 2 is 1.50 bits per heavy atom. The van der Waals surface area contributed by atoms with E-state index >= 15 is 0 Å². The standard InChI is InChI=1S/C18H36.C12H17AsN2O3/c1-2-3-4-5-6-7-8-9-10-11-12-13-14-15-18-16-17-18;1-15(2)14-12(17)18-11-6-4-3-5-9(11)10(13)7-8-16/h18H,2-17H2,1H3;3-6,8,10H,7,13H2,1-2H3,(H,14,17). The number of para-hydroxylation sites is 1. The van der Waals surface area contributed by atoms with Crippen molar-refractivity contribution in [3.05, 3.63) is 29.8 Å². The Kier molecular flexibility index (Phi) is 19.7. The molecule has 0 aromatic heterocycles. The molecule has 6 heteroatoms. The Morgan fingerprint density at radius 3 is 2.00 bits per heavy atom. The maximum absolute atomic E-state index is 11.5. The van der Waals surface area contributed by atoms with Gasteiger partial charge >= 0.3 is 115 Å². The van der Waals surface area contributed by atoms with E-state index < -0.39 is 6.09 Å². The second-order valence-corrected chi connectivity index (χ2v) is 12.1. The van der Waals surface area contributed by atoms with Crippen molar-refractivity contribution in [2.45, 2.75) is 121 Å². The summed E-state index contributed by atoms with van der Waals surface area (Å²) in [5.41, 5.74) is 3.37. The van der Waals surface area contributed by atoms with Crippen molar-refractivity contribution in [2.24, 2.45) is 5.92 Å². The van der Waals surface area contributed by atoms with Gasteiger partial charge in [-0.25, -0.2) is 0 Å². The summed E-state index contributed by atoms with van der Waals surface area (Å²) in [6.07, 6.45) is 24.6. The first-order valence-corrected chi connectivity index (χ1v) is 15.8. The molecule has 1 aliphatic rings. The summed E-state index contributed by atoms with van der Waals surface area (Å²) in [6.45, 7) is 2.30. The van der Waals surface area contributed by atoms with Crippen LogP contribution >= 0.6 is 0 Å². The Morgan fingerprint density at radius 1 is 0.972 bits per heavy atom. The minimum absolute atomic E-state index is 0.0818. The Balaban J connectivity index is 0.000000360. The predicted octanol–water partition coefficient (Wildman–Crippen LogP) is 7.39. The molecule has 1 aromatic carbocycles. The fraction of sp³-hybridized carbons (Fsp3) is 0.733. The van der Waals surface area contributed by atoms with E-state index in [1.807, 2.05) is 12.1 Å². The molecular weight excluding hydrogens is 511 g/mol. The number of aldehydes is 1. The third-order valence-electron chi connectivity index (χ3n) is 6.60. The second-order valence-electron chi connectivity index (χ2n) is 10.4. The molecule has 0 saturated heterocycles. The van der Waals surface area contributed by atoms with Gasteiger partial charge in [-0.3, -0.25) is 0 Å². The molecular formula is C30H53AsN2O3. The number of carbonyl (C=O) groups excluding carboxylic acids is 2. The average molecular weight is 565 g/mol. The molecule has 0 bridgehead atoms. The minimum atomic E-state index is -0.543. The molecule has 1 saturated carbocycles. The summed E-state index contributed by atoms with van der Waals surface area (Å²) < 4.78 is 5.31. The quantitative estimate of drug-likeness (QED) is 0.0824. The fourth-order valence-corrected chi connectivity index (χ4v) is 5.08. The number of unbranched alkanes of at least 4 members (excludes halogenated alkanes) is 12. The molecule has 0 aliphatic heterocycles. The zero-order valence-corrected chi connectivity index (χ0v) is 25.7. The van der Waals surface area contributed by atoms with Crippen LogP contribution in [-0.4, -0.2) is 48.3 Å². The number of carbonyl (C=O) groups is 2. The maximum atomic E-state index is 11.5. The number of amides is 1. The van der Waals surface area contributed by atoms with E-state index in [-0.39, 0.29) is 4.71 Å². The van der Waals surface area contributed by atoms with E-state index in [0.29, 0.717) is 12.2 Å². The van der Waals surface area contributed by atoms with Gasteiger partial charge < -0.3 is 0 Å².